The van der Waals surface area contributed by atoms with Crippen LogP contribution in [0.4, 0.5) is 0 Å². The van der Waals surface area contributed by atoms with E-state index in [1.54, 1.807) is 0 Å². The molecule has 0 spiro atoms. The van der Waals surface area contributed by atoms with Crippen molar-refractivity contribution in [1.29, 1.82) is 0 Å². The summed E-state index contributed by atoms with van der Waals surface area (Å²) < 4.78 is 5.74. The zero-order valence-corrected chi connectivity index (χ0v) is 17.2. The number of fused-ring (bicyclic) bond motifs is 5. The van der Waals surface area contributed by atoms with Gasteiger partial charge in [-0.25, -0.2) is 0 Å². The summed E-state index contributed by atoms with van der Waals surface area (Å²) in [6, 6.07) is 0. The lowest BCUT2D eigenvalue weighted by atomic mass is 9.47. The van der Waals surface area contributed by atoms with Crippen LogP contribution in [0.3, 0.4) is 0 Å². The van der Waals surface area contributed by atoms with Gasteiger partial charge in [0, 0.05) is 30.7 Å². The number of nitrogens with one attached hydrogen (secondary N) is 1. The highest BCUT2D eigenvalue weighted by Crippen LogP contribution is 2.65. The Bertz CT molecular complexity index is 701. The molecule has 3 saturated carbocycles. The van der Waals surface area contributed by atoms with Crippen molar-refractivity contribution in [2.24, 2.45) is 28.6 Å². The smallest absolute Gasteiger partial charge is 0.302 e. The van der Waals surface area contributed by atoms with Crippen molar-refractivity contribution in [2.75, 3.05) is 13.1 Å². The van der Waals surface area contributed by atoms with Crippen LogP contribution in [-0.4, -0.2) is 37.2 Å². The number of esters is 1. The SMILES string of the molecule is CC(=O)OC1CC[C@H]2[C@@H]3CCC4=CC(=O)CC[C@]4(CNCC=O)[C@H]3CC[C@]12C. The van der Waals surface area contributed by atoms with Crippen LogP contribution in [0.2, 0.25) is 0 Å². The van der Waals surface area contributed by atoms with Gasteiger partial charge in [0.05, 0.1) is 6.54 Å². The first kappa shape index (κ1) is 19.8. The molecule has 0 heterocycles. The maximum atomic E-state index is 12.1. The number of rotatable bonds is 5. The molecule has 0 radical (unpaired) electrons. The molecule has 0 bridgehead atoms. The zero-order chi connectivity index (χ0) is 19.9. The van der Waals surface area contributed by atoms with Gasteiger partial charge in [0.1, 0.15) is 12.4 Å². The topological polar surface area (TPSA) is 72.5 Å². The Morgan fingerprint density at radius 2 is 2.04 bits per heavy atom. The van der Waals surface area contributed by atoms with Gasteiger partial charge in [0.15, 0.2) is 5.78 Å². The average molecular weight is 388 g/mol. The van der Waals surface area contributed by atoms with E-state index in [0.29, 0.717) is 30.7 Å². The second-order valence-electron chi connectivity index (χ2n) is 9.73. The highest BCUT2D eigenvalue weighted by atomic mass is 16.5. The van der Waals surface area contributed by atoms with Gasteiger partial charge in [-0.05, 0) is 68.8 Å². The quantitative estimate of drug-likeness (QED) is 0.445. The predicted octanol–water partition coefficient (Wildman–Crippen LogP) is 3.22. The van der Waals surface area contributed by atoms with Crippen molar-refractivity contribution in [3.8, 4) is 0 Å². The van der Waals surface area contributed by atoms with Crippen LogP contribution in [0, 0.1) is 28.6 Å². The average Bonchev–Trinajstić information content (AvgIpc) is 2.98. The fraction of sp³-hybridized carbons (Fsp3) is 0.783. The number of carbonyl (C=O) groups is 3. The van der Waals surface area contributed by atoms with E-state index in [0.717, 1.165) is 57.8 Å². The van der Waals surface area contributed by atoms with Crippen LogP contribution in [0.5, 0.6) is 0 Å². The first-order valence-corrected chi connectivity index (χ1v) is 11.0. The standard InChI is InChI=1S/C23H33NO4/c1-15(26)28-21-6-5-19-18-4-3-16-13-17(27)7-10-23(16,14-24-11-12-25)20(18)8-9-22(19,21)2/h12-13,18-21,24H,3-11,14H2,1-2H3/t18-,19-,20-,21?,22-,23+/m0/s1. The Balaban J connectivity index is 1.63. The van der Waals surface area contributed by atoms with Crippen molar-refractivity contribution >= 4 is 18.0 Å². The molecule has 1 N–H and O–H groups in total. The molecule has 5 heteroatoms. The highest BCUT2D eigenvalue weighted by molar-refractivity contribution is 5.91. The summed E-state index contributed by atoms with van der Waals surface area (Å²) >= 11 is 0. The minimum Gasteiger partial charge on any atom is -0.462 e. The Hall–Kier alpha value is -1.49. The van der Waals surface area contributed by atoms with Gasteiger partial charge >= 0.3 is 5.97 Å². The third-order valence-electron chi connectivity index (χ3n) is 8.58. The largest absolute Gasteiger partial charge is 0.462 e. The molecule has 4 rings (SSSR count). The predicted molar refractivity (Wildman–Crippen MR) is 106 cm³/mol. The molecule has 0 amide bonds. The van der Waals surface area contributed by atoms with Crippen LogP contribution in [0.15, 0.2) is 11.6 Å². The number of ketones is 1. The summed E-state index contributed by atoms with van der Waals surface area (Å²) in [5.74, 6) is 1.84. The van der Waals surface area contributed by atoms with E-state index in [1.807, 2.05) is 6.08 Å². The number of carbonyl (C=O) groups excluding carboxylic acids is 3. The van der Waals surface area contributed by atoms with Crippen LogP contribution in [0.25, 0.3) is 0 Å². The van der Waals surface area contributed by atoms with Gasteiger partial charge in [0.25, 0.3) is 0 Å². The molecule has 0 aromatic heterocycles. The number of hydrogen-bond acceptors (Lipinski definition) is 5. The molecule has 0 saturated heterocycles. The summed E-state index contributed by atoms with van der Waals surface area (Å²) in [7, 11) is 0. The summed E-state index contributed by atoms with van der Waals surface area (Å²) in [4.78, 5) is 34.6. The lowest BCUT2D eigenvalue weighted by Crippen LogP contribution is -2.55. The maximum absolute atomic E-state index is 12.1. The molecule has 28 heavy (non-hydrogen) atoms. The summed E-state index contributed by atoms with van der Waals surface area (Å²) in [5.41, 5.74) is 1.41. The van der Waals surface area contributed by atoms with Gasteiger partial charge in [-0.2, -0.15) is 0 Å². The van der Waals surface area contributed by atoms with E-state index in [9.17, 15) is 14.4 Å². The Labute approximate surface area is 167 Å². The molecular formula is C23H33NO4. The van der Waals surface area contributed by atoms with Gasteiger partial charge in [-0.15, -0.1) is 0 Å². The molecule has 1 unspecified atom stereocenters. The van der Waals surface area contributed by atoms with Gasteiger partial charge in [-0.1, -0.05) is 12.5 Å². The summed E-state index contributed by atoms with van der Waals surface area (Å²) in [5, 5.41) is 3.36. The lowest BCUT2D eigenvalue weighted by Gasteiger charge is -2.59. The second kappa shape index (κ2) is 7.40. The van der Waals surface area contributed by atoms with E-state index in [-0.39, 0.29) is 28.7 Å². The van der Waals surface area contributed by atoms with Crippen LogP contribution < -0.4 is 5.32 Å². The van der Waals surface area contributed by atoms with Gasteiger partial charge < -0.3 is 14.8 Å². The summed E-state index contributed by atoms with van der Waals surface area (Å²) in [6.07, 6.45) is 10.8. The number of ether oxygens (including phenoxy) is 1. The molecule has 4 aliphatic rings. The molecule has 0 aromatic carbocycles. The van der Waals surface area contributed by atoms with E-state index in [1.165, 1.54) is 12.5 Å². The normalized spacial score (nSPS) is 42.1. The molecule has 6 atom stereocenters. The molecule has 4 aliphatic carbocycles. The molecule has 0 aliphatic heterocycles. The minimum absolute atomic E-state index is 0.0146. The van der Waals surface area contributed by atoms with Crippen molar-refractivity contribution in [1.82, 2.24) is 5.32 Å². The van der Waals surface area contributed by atoms with Crippen LogP contribution in [0.1, 0.15) is 65.2 Å². The molecule has 0 aromatic rings. The van der Waals surface area contributed by atoms with Crippen molar-refractivity contribution in [2.45, 2.75) is 71.3 Å². The highest BCUT2D eigenvalue weighted by Gasteiger charge is 2.60. The molecule has 154 valence electrons. The van der Waals surface area contributed by atoms with Crippen molar-refractivity contribution in [3.63, 3.8) is 0 Å². The monoisotopic (exact) mass is 387 g/mol. The lowest BCUT2D eigenvalue weighted by molar-refractivity contribution is -0.157. The third-order valence-corrected chi connectivity index (χ3v) is 8.58. The maximum Gasteiger partial charge on any atom is 0.302 e. The van der Waals surface area contributed by atoms with Gasteiger partial charge in [0.2, 0.25) is 0 Å². The number of aldehydes is 1. The fourth-order valence-electron chi connectivity index (χ4n) is 7.39. The molecular weight excluding hydrogens is 354 g/mol. The first-order valence-electron chi connectivity index (χ1n) is 11.0. The van der Waals surface area contributed by atoms with E-state index >= 15 is 0 Å². The van der Waals surface area contributed by atoms with Crippen LogP contribution in [-0.2, 0) is 19.1 Å². The minimum atomic E-state index is -0.164. The Kier molecular flexibility index (Phi) is 5.24. The Morgan fingerprint density at radius 1 is 1.21 bits per heavy atom. The summed E-state index contributed by atoms with van der Waals surface area (Å²) in [6.45, 7) is 5.02. The van der Waals surface area contributed by atoms with Crippen LogP contribution >= 0.6 is 0 Å². The Morgan fingerprint density at radius 3 is 2.79 bits per heavy atom. The second-order valence-corrected chi connectivity index (χ2v) is 9.73. The first-order chi connectivity index (χ1) is 13.4. The molecule has 5 nitrogen and oxygen atoms in total. The van der Waals surface area contributed by atoms with Crippen molar-refractivity contribution in [3.05, 3.63) is 11.6 Å². The van der Waals surface area contributed by atoms with E-state index in [4.69, 9.17) is 4.74 Å². The number of hydrogen-bond donors (Lipinski definition) is 1. The van der Waals surface area contributed by atoms with Crippen molar-refractivity contribution < 1.29 is 19.1 Å². The zero-order valence-electron chi connectivity index (χ0n) is 17.2. The fourth-order valence-corrected chi connectivity index (χ4v) is 7.39. The molecule has 3 fully saturated rings. The van der Waals surface area contributed by atoms with Gasteiger partial charge in [-0.3, -0.25) is 9.59 Å². The van der Waals surface area contributed by atoms with E-state index < -0.39 is 0 Å². The third kappa shape index (κ3) is 3.06. The van der Waals surface area contributed by atoms with E-state index in [2.05, 4.69) is 12.2 Å².